The zero-order valence-electron chi connectivity index (χ0n) is 16.5. The van der Waals surface area contributed by atoms with E-state index in [1.54, 1.807) is 43.3 Å². The van der Waals surface area contributed by atoms with E-state index in [2.05, 4.69) is 5.32 Å². The Labute approximate surface area is 176 Å². The van der Waals surface area contributed by atoms with Crippen LogP contribution in [-0.4, -0.2) is 37.5 Å². The van der Waals surface area contributed by atoms with Gasteiger partial charge in [-0.25, -0.2) is 9.59 Å². The number of anilines is 2. The molecule has 4 rings (SSSR count). The van der Waals surface area contributed by atoms with Gasteiger partial charge in [-0.2, -0.15) is 0 Å². The number of carbonyl (C=O) groups excluding carboxylic acids is 3. The molecule has 0 atom stereocenters. The van der Waals surface area contributed by atoms with E-state index in [0.29, 0.717) is 22.7 Å². The van der Waals surface area contributed by atoms with Gasteiger partial charge in [0.1, 0.15) is 17.9 Å². The fraction of sp³-hybridized carbons (Fsp3) is 0.182. The Morgan fingerprint density at radius 3 is 2.74 bits per heavy atom. The van der Waals surface area contributed by atoms with Crippen LogP contribution in [0.5, 0.6) is 5.75 Å². The average Bonchev–Trinajstić information content (AvgIpc) is 2.75. The summed E-state index contributed by atoms with van der Waals surface area (Å²) in [5, 5.41) is 3.44. The second-order valence-electron chi connectivity index (χ2n) is 6.90. The number of nitrogens with zero attached hydrogens (tertiary/aromatic N) is 1. The summed E-state index contributed by atoms with van der Waals surface area (Å²) in [7, 11) is 0. The van der Waals surface area contributed by atoms with Crippen LogP contribution in [0.25, 0.3) is 11.0 Å². The molecule has 9 heteroatoms. The van der Waals surface area contributed by atoms with E-state index in [-0.39, 0.29) is 12.5 Å². The summed E-state index contributed by atoms with van der Waals surface area (Å²) in [6, 6.07) is 13.1. The van der Waals surface area contributed by atoms with Gasteiger partial charge in [0.25, 0.3) is 5.91 Å². The summed E-state index contributed by atoms with van der Waals surface area (Å²) in [6.45, 7) is 0.658. The highest BCUT2D eigenvalue weighted by Gasteiger charge is 2.27. The van der Waals surface area contributed by atoms with Crippen molar-refractivity contribution in [3.63, 3.8) is 0 Å². The van der Waals surface area contributed by atoms with E-state index in [4.69, 9.17) is 13.9 Å². The predicted molar refractivity (Wildman–Crippen MR) is 111 cm³/mol. The third-order valence-electron chi connectivity index (χ3n) is 4.71. The minimum Gasteiger partial charge on any atom is -0.482 e. The van der Waals surface area contributed by atoms with Crippen molar-refractivity contribution in [2.24, 2.45) is 0 Å². The first-order valence-electron chi connectivity index (χ1n) is 9.43. The van der Waals surface area contributed by atoms with Crippen LogP contribution < -0.4 is 20.6 Å². The van der Waals surface area contributed by atoms with Crippen molar-refractivity contribution < 1.29 is 28.3 Å². The van der Waals surface area contributed by atoms with E-state index in [9.17, 15) is 19.2 Å². The van der Waals surface area contributed by atoms with Crippen molar-refractivity contribution in [3.8, 4) is 5.75 Å². The Morgan fingerprint density at radius 1 is 1.10 bits per heavy atom. The number of amides is 2. The third kappa shape index (κ3) is 4.40. The maximum Gasteiger partial charge on any atom is 0.344 e. The number of carbonyl (C=O) groups is 3. The van der Waals surface area contributed by atoms with Crippen molar-refractivity contribution in [2.45, 2.75) is 6.92 Å². The van der Waals surface area contributed by atoms with E-state index >= 15 is 0 Å². The lowest BCUT2D eigenvalue weighted by Crippen LogP contribution is -2.44. The fourth-order valence-electron chi connectivity index (χ4n) is 3.25. The second kappa shape index (κ2) is 8.31. The molecule has 0 saturated heterocycles. The van der Waals surface area contributed by atoms with Crippen LogP contribution in [0.1, 0.15) is 5.56 Å². The van der Waals surface area contributed by atoms with Crippen molar-refractivity contribution in [3.05, 3.63) is 64.5 Å². The lowest BCUT2D eigenvalue weighted by atomic mass is 10.1. The van der Waals surface area contributed by atoms with E-state index < -0.39 is 30.7 Å². The van der Waals surface area contributed by atoms with Crippen LogP contribution in [0.3, 0.4) is 0 Å². The van der Waals surface area contributed by atoms with Gasteiger partial charge < -0.3 is 19.2 Å². The molecule has 31 heavy (non-hydrogen) atoms. The number of hydrogen-bond acceptors (Lipinski definition) is 7. The molecule has 2 amide bonds. The summed E-state index contributed by atoms with van der Waals surface area (Å²) < 4.78 is 15.5. The van der Waals surface area contributed by atoms with Crippen LogP contribution in [-0.2, 0) is 19.1 Å². The summed E-state index contributed by atoms with van der Waals surface area (Å²) in [5.41, 5.74) is 1.68. The fourth-order valence-corrected chi connectivity index (χ4v) is 3.25. The molecule has 1 aromatic heterocycles. The Bertz CT molecular complexity index is 1250. The minimum atomic E-state index is -0.756. The molecule has 1 aliphatic rings. The largest absolute Gasteiger partial charge is 0.482 e. The molecular formula is C22H18N2O7. The van der Waals surface area contributed by atoms with Gasteiger partial charge in [-0.1, -0.05) is 12.1 Å². The summed E-state index contributed by atoms with van der Waals surface area (Å²) >= 11 is 0. The molecular weight excluding hydrogens is 404 g/mol. The molecule has 0 radical (unpaired) electrons. The third-order valence-corrected chi connectivity index (χ3v) is 4.71. The number of nitrogens with one attached hydrogen (secondary N) is 1. The molecule has 9 nitrogen and oxygen atoms in total. The van der Waals surface area contributed by atoms with Crippen LogP contribution in [0.4, 0.5) is 11.4 Å². The summed E-state index contributed by atoms with van der Waals surface area (Å²) in [5.74, 6) is -1.31. The summed E-state index contributed by atoms with van der Waals surface area (Å²) in [6.07, 6.45) is 0. The number of rotatable bonds is 5. The normalized spacial score (nSPS) is 12.8. The first kappa shape index (κ1) is 20.1. The Hall–Kier alpha value is -4.14. The lowest BCUT2D eigenvalue weighted by Gasteiger charge is -2.28. The Balaban J connectivity index is 1.35. The SMILES string of the molecule is Cc1cc(=O)oc2cc(OCC(=O)OCC(=O)N3CC(=O)Nc4ccccc43)ccc12. The average molecular weight is 422 g/mol. The van der Waals surface area contributed by atoms with Crippen LogP contribution in [0, 0.1) is 6.92 Å². The smallest absolute Gasteiger partial charge is 0.344 e. The highest BCUT2D eigenvalue weighted by Crippen LogP contribution is 2.28. The van der Waals surface area contributed by atoms with Crippen molar-refractivity contribution in [2.75, 3.05) is 30.0 Å². The number of fused-ring (bicyclic) bond motifs is 2. The van der Waals surface area contributed by atoms with Gasteiger partial charge in [0.15, 0.2) is 13.2 Å². The van der Waals surface area contributed by atoms with Gasteiger partial charge in [0, 0.05) is 17.5 Å². The molecule has 1 N–H and O–H groups in total. The molecule has 2 aromatic carbocycles. The highest BCUT2D eigenvalue weighted by molar-refractivity contribution is 6.10. The Morgan fingerprint density at radius 2 is 1.90 bits per heavy atom. The number of hydrogen-bond donors (Lipinski definition) is 1. The van der Waals surface area contributed by atoms with Gasteiger partial charge in [-0.05, 0) is 36.8 Å². The molecule has 0 unspecified atom stereocenters. The van der Waals surface area contributed by atoms with E-state index in [1.165, 1.54) is 17.0 Å². The van der Waals surface area contributed by atoms with Gasteiger partial charge >= 0.3 is 11.6 Å². The molecule has 0 aliphatic carbocycles. The first-order chi connectivity index (χ1) is 14.9. The zero-order valence-corrected chi connectivity index (χ0v) is 16.5. The Kier molecular flexibility index (Phi) is 5.40. The molecule has 0 fully saturated rings. The van der Waals surface area contributed by atoms with Gasteiger partial charge in [-0.3, -0.25) is 14.5 Å². The maximum atomic E-state index is 12.5. The standard InChI is InChI=1S/C22H18N2O7/c1-13-8-21(27)31-18-9-14(6-7-15(13)18)29-12-22(28)30-11-20(26)24-10-19(25)23-16-4-2-3-5-17(16)24/h2-9H,10-12H2,1H3,(H,23,25). The van der Waals surface area contributed by atoms with Gasteiger partial charge in [0.2, 0.25) is 5.91 Å². The lowest BCUT2D eigenvalue weighted by molar-refractivity contribution is -0.149. The minimum absolute atomic E-state index is 0.161. The first-order valence-corrected chi connectivity index (χ1v) is 9.43. The summed E-state index contributed by atoms with van der Waals surface area (Å²) in [4.78, 5) is 49.1. The topological polar surface area (TPSA) is 115 Å². The van der Waals surface area contributed by atoms with Crippen molar-refractivity contribution >= 4 is 40.1 Å². The molecule has 1 aliphatic heterocycles. The van der Waals surface area contributed by atoms with E-state index in [0.717, 1.165) is 10.9 Å². The molecule has 0 bridgehead atoms. The number of para-hydroxylation sites is 2. The predicted octanol–water partition coefficient (Wildman–Crippen LogP) is 2.01. The van der Waals surface area contributed by atoms with Crippen LogP contribution >= 0.6 is 0 Å². The molecule has 3 aromatic rings. The maximum absolute atomic E-state index is 12.5. The monoisotopic (exact) mass is 422 g/mol. The van der Waals surface area contributed by atoms with Crippen LogP contribution in [0.2, 0.25) is 0 Å². The number of aryl methyl sites for hydroxylation is 1. The molecule has 158 valence electrons. The number of esters is 1. The van der Waals surface area contributed by atoms with Gasteiger partial charge in [0.05, 0.1) is 11.4 Å². The molecule has 2 heterocycles. The molecule has 0 saturated carbocycles. The molecule has 0 spiro atoms. The van der Waals surface area contributed by atoms with Crippen LogP contribution in [0.15, 0.2) is 57.7 Å². The quantitative estimate of drug-likeness (QED) is 0.494. The zero-order chi connectivity index (χ0) is 22.0. The highest BCUT2D eigenvalue weighted by atomic mass is 16.6. The van der Waals surface area contributed by atoms with Gasteiger partial charge in [-0.15, -0.1) is 0 Å². The number of ether oxygens (including phenoxy) is 2. The second-order valence-corrected chi connectivity index (χ2v) is 6.90. The van der Waals surface area contributed by atoms with E-state index in [1.807, 2.05) is 0 Å². The number of benzene rings is 2. The van der Waals surface area contributed by atoms with Crippen molar-refractivity contribution in [1.29, 1.82) is 0 Å². The van der Waals surface area contributed by atoms with Crippen molar-refractivity contribution in [1.82, 2.24) is 0 Å².